The Hall–Kier alpha value is -4.09. The van der Waals surface area contributed by atoms with E-state index in [1.165, 1.54) is 0 Å². The van der Waals surface area contributed by atoms with Crippen molar-refractivity contribution in [1.29, 1.82) is 0 Å². The van der Waals surface area contributed by atoms with Crippen LogP contribution in [0, 0.1) is 6.92 Å². The van der Waals surface area contributed by atoms with Gasteiger partial charge in [0.1, 0.15) is 11.4 Å². The molecule has 0 saturated heterocycles. The van der Waals surface area contributed by atoms with Crippen molar-refractivity contribution in [3.8, 4) is 28.1 Å². The number of aromatic nitrogens is 2. The monoisotopic (exact) mass is 495 g/mol. The zero-order valence-corrected chi connectivity index (χ0v) is 20.9. The molecule has 5 nitrogen and oxygen atoms in total. The molecule has 0 bridgehead atoms. The number of hydrogen-bond acceptors (Lipinski definition) is 3. The predicted octanol–water partition coefficient (Wildman–Crippen LogP) is 7.21. The number of carbonyl (C=O) groups excluding carboxylic acids is 1. The smallest absolute Gasteiger partial charge is 0.224 e. The third-order valence-electron chi connectivity index (χ3n) is 6.21. The first-order valence-electron chi connectivity index (χ1n) is 11.8. The topological polar surface area (TPSA) is 55.6 Å². The second-order valence-corrected chi connectivity index (χ2v) is 9.09. The van der Waals surface area contributed by atoms with E-state index in [1.54, 1.807) is 7.11 Å². The van der Waals surface area contributed by atoms with Gasteiger partial charge in [0.15, 0.2) is 0 Å². The van der Waals surface area contributed by atoms with Crippen LogP contribution >= 0.6 is 11.6 Å². The lowest BCUT2D eigenvalue weighted by Crippen LogP contribution is -2.13. The number of ether oxygens (including phenoxy) is 1. The Morgan fingerprint density at radius 2 is 1.81 bits per heavy atom. The van der Waals surface area contributed by atoms with E-state index in [2.05, 4.69) is 28.9 Å². The summed E-state index contributed by atoms with van der Waals surface area (Å²) in [5, 5.41) is 3.69. The van der Waals surface area contributed by atoms with Crippen molar-refractivity contribution in [3.63, 3.8) is 0 Å². The molecular weight excluding hydrogens is 470 g/mol. The third kappa shape index (κ3) is 4.97. The number of rotatable bonds is 7. The van der Waals surface area contributed by atoms with E-state index in [1.807, 2.05) is 78.9 Å². The first-order chi connectivity index (χ1) is 17.5. The van der Waals surface area contributed by atoms with Crippen LogP contribution < -0.4 is 10.1 Å². The fourth-order valence-corrected chi connectivity index (χ4v) is 4.65. The Morgan fingerprint density at radius 3 is 2.58 bits per heavy atom. The number of amides is 1. The Morgan fingerprint density at radius 1 is 0.972 bits per heavy atom. The van der Waals surface area contributed by atoms with Crippen LogP contribution in [0.1, 0.15) is 17.7 Å². The second-order valence-electron chi connectivity index (χ2n) is 8.66. The molecule has 2 aromatic heterocycles. The van der Waals surface area contributed by atoms with E-state index in [9.17, 15) is 4.79 Å². The van der Waals surface area contributed by atoms with Crippen LogP contribution in [0.15, 0.2) is 91.1 Å². The molecule has 3 aromatic carbocycles. The molecule has 180 valence electrons. The third-order valence-corrected chi connectivity index (χ3v) is 6.44. The van der Waals surface area contributed by atoms with Crippen LogP contribution in [-0.2, 0) is 11.2 Å². The summed E-state index contributed by atoms with van der Waals surface area (Å²) >= 11 is 6.19. The highest BCUT2D eigenvalue weighted by Gasteiger charge is 2.17. The molecule has 6 heteroatoms. The standard InChI is InChI=1S/C30H26ClN3O2/c1-20-17-23(31)12-13-26(20)22-11-15-28-33-30(21-7-6-10-25(18-21)36-2)27(34(28)19-22)14-16-29(35)32-24-8-4-3-5-9-24/h3-13,15,17-19H,14,16H2,1-2H3,(H,32,35). The number of halogens is 1. The Bertz CT molecular complexity index is 1540. The minimum Gasteiger partial charge on any atom is -0.497 e. The van der Waals surface area contributed by atoms with Gasteiger partial charge in [0.05, 0.1) is 18.5 Å². The van der Waals surface area contributed by atoms with Crippen molar-refractivity contribution >= 4 is 28.8 Å². The highest BCUT2D eigenvalue weighted by Crippen LogP contribution is 2.31. The van der Waals surface area contributed by atoms with Crippen LogP contribution in [0.3, 0.4) is 0 Å². The highest BCUT2D eigenvalue weighted by atomic mass is 35.5. The summed E-state index contributed by atoms with van der Waals surface area (Å²) in [6.07, 6.45) is 2.94. The molecule has 36 heavy (non-hydrogen) atoms. The van der Waals surface area contributed by atoms with Crippen molar-refractivity contribution in [2.75, 3.05) is 12.4 Å². The maximum Gasteiger partial charge on any atom is 0.224 e. The van der Waals surface area contributed by atoms with Crippen molar-refractivity contribution in [2.24, 2.45) is 0 Å². The summed E-state index contributed by atoms with van der Waals surface area (Å²) in [5.41, 5.74) is 7.61. The fraction of sp³-hybridized carbons (Fsp3) is 0.133. The van der Waals surface area contributed by atoms with Gasteiger partial charge in [0, 0.05) is 28.9 Å². The highest BCUT2D eigenvalue weighted by molar-refractivity contribution is 6.30. The Kier molecular flexibility index (Phi) is 6.74. The molecule has 0 aliphatic heterocycles. The number of para-hydroxylation sites is 1. The van der Waals surface area contributed by atoms with Crippen molar-refractivity contribution < 1.29 is 9.53 Å². The average Bonchev–Trinajstić information content (AvgIpc) is 3.26. The number of fused-ring (bicyclic) bond motifs is 1. The van der Waals surface area contributed by atoms with Gasteiger partial charge in [-0.3, -0.25) is 4.79 Å². The molecule has 5 aromatic rings. The van der Waals surface area contributed by atoms with Crippen LogP contribution in [0.2, 0.25) is 5.02 Å². The largest absolute Gasteiger partial charge is 0.497 e. The molecule has 0 spiro atoms. The van der Waals surface area contributed by atoms with E-state index in [4.69, 9.17) is 21.3 Å². The summed E-state index contributed by atoms with van der Waals surface area (Å²) < 4.78 is 7.54. The number of methoxy groups -OCH3 is 1. The lowest BCUT2D eigenvalue weighted by atomic mass is 10.0. The molecule has 0 aliphatic carbocycles. The van der Waals surface area contributed by atoms with Gasteiger partial charge in [0.25, 0.3) is 0 Å². The van der Waals surface area contributed by atoms with Gasteiger partial charge >= 0.3 is 0 Å². The molecule has 0 unspecified atom stereocenters. The minimum atomic E-state index is -0.0440. The van der Waals surface area contributed by atoms with Gasteiger partial charge in [-0.2, -0.15) is 0 Å². The van der Waals surface area contributed by atoms with Gasteiger partial charge < -0.3 is 14.5 Å². The SMILES string of the molecule is COc1cccc(-c2nc3ccc(-c4ccc(Cl)cc4C)cn3c2CCC(=O)Nc2ccccc2)c1. The van der Waals surface area contributed by atoms with E-state index < -0.39 is 0 Å². The molecule has 0 saturated carbocycles. The van der Waals surface area contributed by atoms with Crippen molar-refractivity contribution in [3.05, 3.63) is 107 Å². The summed E-state index contributed by atoms with van der Waals surface area (Å²) in [5.74, 6) is 0.715. The number of aryl methyl sites for hydroxylation is 2. The number of benzene rings is 3. The molecule has 1 amide bonds. The molecule has 2 heterocycles. The first kappa shape index (κ1) is 23.6. The number of nitrogens with one attached hydrogen (secondary N) is 1. The molecule has 0 fully saturated rings. The predicted molar refractivity (Wildman–Crippen MR) is 146 cm³/mol. The summed E-state index contributed by atoms with van der Waals surface area (Å²) in [7, 11) is 1.65. The number of nitrogens with zero attached hydrogens (tertiary/aromatic N) is 2. The summed E-state index contributed by atoms with van der Waals surface area (Å²) in [4.78, 5) is 17.7. The summed E-state index contributed by atoms with van der Waals surface area (Å²) in [6.45, 7) is 2.05. The second kappa shape index (κ2) is 10.3. The number of pyridine rings is 1. The normalized spacial score (nSPS) is 11.0. The van der Waals surface area contributed by atoms with E-state index >= 15 is 0 Å². The van der Waals surface area contributed by atoms with E-state index in [0.717, 1.165) is 50.7 Å². The maximum absolute atomic E-state index is 12.8. The zero-order chi connectivity index (χ0) is 25.1. The fourth-order valence-electron chi connectivity index (χ4n) is 4.42. The molecule has 5 rings (SSSR count). The lowest BCUT2D eigenvalue weighted by molar-refractivity contribution is -0.116. The van der Waals surface area contributed by atoms with Crippen LogP contribution in [0.4, 0.5) is 5.69 Å². The minimum absolute atomic E-state index is 0.0440. The molecular formula is C30H26ClN3O2. The van der Waals surface area contributed by atoms with Gasteiger partial charge in [-0.1, -0.05) is 48.0 Å². The molecule has 1 N–H and O–H groups in total. The van der Waals surface area contributed by atoms with Crippen molar-refractivity contribution in [1.82, 2.24) is 9.38 Å². The average molecular weight is 496 g/mol. The number of carbonyl (C=O) groups is 1. The van der Waals surface area contributed by atoms with E-state index in [0.29, 0.717) is 17.9 Å². The molecule has 0 atom stereocenters. The number of anilines is 1. The first-order valence-corrected chi connectivity index (χ1v) is 12.2. The maximum atomic E-state index is 12.8. The zero-order valence-electron chi connectivity index (χ0n) is 20.2. The van der Waals surface area contributed by atoms with Gasteiger partial charge in [-0.05, 0) is 78.6 Å². The molecule has 0 aliphatic rings. The van der Waals surface area contributed by atoms with E-state index in [-0.39, 0.29) is 5.91 Å². The van der Waals surface area contributed by atoms with Crippen LogP contribution in [0.25, 0.3) is 28.0 Å². The number of hydrogen-bond donors (Lipinski definition) is 1. The Balaban J connectivity index is 1.55. The summed E-state index contributed by atoms with van der Waals surface area (Å²) in [6, 6.07) is 27.3. The van der Waals surface area contributed by atoms with Crippen molar-refractivity contribution in [2.45, 2.75) is 19.8 Å². The van der Waals surface area contributed by atoms with Gasteiger partial charge in [-0.15, -0.1) is 0 Å². The quantitative estimate of drug-likeness (QED) is 0.259. The van der Waals surface area contributed by atoms with Crippen LogP contribution in [-0.4, -0.2) is 22.4 Å². The van der Waals surface area contributed by atoms with Gasteiger partial charge in [0.2, 0.25) is 5.91 Å². The van der Waals surface area contributed by atoms with Gasteiger partial charge in [-0.25, -0.2) is 4.98 Å². The number of imidazole rings is 1. The lowest BCUT2D eigenvalue weighted by Gasteiger charge is -2.10. The Labute approximate surface area is 215 Å². The molecule has 0 radical (unpaired) electrons. The van der Waals surface area contributed by atoms with Crippen LogP contribution in [0.5, 0.6) is 5.75 Å².